The topological polar surface area (TPSA) is 203 Å². The lowest BCUT2D eigenvalue weighted by Gasteiger charge is -2.45. The summed E-state index contributed by atoms with van der Waals surface area (Å²) in [6.07, 6.45) is -7.73. The second kappa shape index (κ2) is 7.01. The molecule has 10 atom stereocenters. The monoisotopic (exact) mass is 322 g/mol. The van der Waals surface area contributed by atoms with E-state index < -0.39 is 61.0 Å². The Balaban J connectivity index is 2.08. The molecule has 10 nitrogen and oxygen atoms in total. The first-order chi connectivity index (χ1) is 10.3. The number of ether oxygens (including phenoxy) is 2. The summed E-state index contributed by atoms with van der Waals surface area (Å²) in [6.45, 7) is -0.0441. The molecule has 1 aliphatic heterocycles. The van der Waals surface area contributed by atoms with Crippen molar-refractivity contribution in [2.75, 3.05) is 6.54 Å². The van der Waals surface area contributed by atoms with E-state index in [1.165, 1.54) is 0 Å². The average molecular weight is 322 g/mol. The molecule has 130 valence electrons. The molecule has 1 saturated carbocycles. The van der Waals surface area contributed by atoms with Crippen LogP contribution in [-0.2, 0) is 9.47 Å². The summed E-state index contributed by atoms with van der Waals surface area (Å²) in [5.41, 5.74) is 22.8. The fourth-order valence-corrected chi connectivity index (χ4v) is 2.89. The van der Waals surface area contributed by atoms with Crippen LogP contribution in [0.3, 0.4) is 0 Å². The van der Waals surface area contributed by atoms with Gasteiger partial charge in [0, 0.05) is 18.6 Å². The van der Waals surface area contributed by atoms with E-state index in [2.05, 4.69) is 0 Å². The summed E-state index contributed by atoms with van der Waals surface area (Å²) in [5, 5.41) is 39.6. The van der Waals surface area contributed by atoms with E-state index in [4.69, 9.17) is 32.4 Å². The highest BCUT2D eigenvalue weighted by Crippen LogP contribution is 2.26. The summed E-state index contributed by atoms with van der Waals surface area (Å²) in [6, 6.07) is -2.34. The predicted octanol–water partition coefficient (Wildman–Crippen LogP) is -5.12. The van der Waals surface area contributed by atoms with Crippen molar-refractivity contribution in [3.63, 3.8) is 0 Å². The molecule has 0 amide bonds. The van der Waals surface area contributed by atoms with Crippen LogP contribution in [0.4, 0.5) is 0 Å². The lowest BCUT2D eigenvalue weighted by atomic mass is 9.84. The molecule has 2 rings (SSSR count). The smallest absolute Gasteiger partial charge is 0.176 e. The van der Waals surface area contributed by atoms with E-state index in [9.17, 15) is 20.4 Å². The SMILES string of the molecule is NC[C@H]1O[C@H](O[C@H]2[C@H](O)[C@@H](O)[C@H](N)C[C@@H]2N)[C@@H](N)[C@@H](O)[C@H]1O. The highest BCUT2D eigenvalue weighted by Gasteiger charge is 2.47. The van der Waals surface area contributed by atoms with Gasteiger partial charge < -0.3 is 52.8 Å². The van der Waals surface area contributed by atoms with E-state index in [0.29, 0.717) is 0 Å². The zero-order chi connectivity index (χ0) is 16.6. The molecule has 1 saturated heterocycles. The van der Waals surface area contributed by atoms with Crippen LogP contribution in [0.15, 0.2) is 0 Å². The van der Waals surface area contributed by atoms with Crippen molar-refractivity contribution >= 4 is 0 Å². The molecule has 22 heavy (non-hydrogen) atoms. The van der Waals surface area contributed by atoms with Gasteiger partial charge in [-0.05, 0) is 6.42 Å². The molecule has 2 fully saturated rings. The van der Waals surface area contributed by atoms with Crippen molar-refractivity contribution in [3.05, 3.63) is 0 Å². The van der Waals surface area contributed by atoms with Gasteiger partial charge in [0.25, 0.3) is 0 Å². The Bertz CT molecular complexity index is 376. The average Bonchev–Trinajstić information content (AvgIpc) is 2.49. The van der Waals surface area contributed by atoms with Gasteiger partial charge in [0.05, 0.1) is 12.1 Å². The number of aliphatic hydroxyl groups excluding tert-OH is 4. The van der Waals surface area contributed by atoms with Crippen LogP contribution < -0.4 is 22.9 Å². The fourth-order valence-electron chi connectivity index (χ4n) is 2.89. The molecule has 0 aromatic carbocycles. The first-order valence-electron chi connectivity index (χ1n) is 7.28. The van der Waals surface area contributed by atoms with Gasteiger partial charge in [-0.3, -0.25) is 0 Å². The first kappa shape index (κ1) is 17.9. The Labute approximate surface area is 128 Å². The summed E-state index contributed by atoms with van der Waals surface area (Å²) in [7, 11) is 0. The Morgan fingerprint density at radius 1 is 0.909 bits per heavy atom. The van der Waals surface area contributed by atoms with E-state index in [-0.39, 0.29) is 13.0 Å². The van der Waals surface area contributed by atoms with Gasteiger partial charge in [-0.2, -0.15) is 0 Å². The van der Waals surface area contributed by atoms with Gasteiger partial charge in [-0.1, -0.05) is 0 Å². The van der Waals surface area contributed by atoms with Gasteiger partial charge in [0.15, 0.2) is 6.29 Å². The fraction of sp³-hybridized carbons (Fsp3) is 1.00. The minimum atomic E-state index is -1.31. The summed E-state index contributed by atoms with van der Waals surface area (Å²) >= 11 is 0. The lowest BCUT2D eigenvalue weighted by Crippen LogP contribution is -2.67. The number of nitrogens with two attached hydrogens (primary N) is 4. The molecule has 12 N–H and O–H groups in total. The molecule has 0 aromatic rings. The number of rotatable bonds is 3. The molecule has 2 aliphatic rings. The number of aliphatic hydroxyl groups is 4. The van der Waals surface area contributed by atoms with Gasteiger partial charge in [-0.15, -0.1) is 0 Å². The van der Waals surface area contributed by atoms with Gasteiger partial charge in [-0.25, -0.2) is 0 Å². The molecule has 0 spiro atoms. The third-order valence-corrected chi connectivity index (χ3v) is 4.36. The molecule has 10 heteroatoms. The standard InChI is InChI=1S/C12H26N4O6/c13-2-5-8(18)9(19)6(16)12(21-5)22-11-4(15)1-3(14)7(17)10(11)20/h3-12,17-20H,1-2,13-16H2/t3-,4+,5-,6+,7+,8+,9-,10-,11-,12-/m1/s1. The maximum Gasteiger partial charge on any atom is 0.176 e. The molecule has 0 radical (unpaired) electrons. The first-order valence-corrected chi connectivity index (χ1v) is 7.28. The summed E-state index contributed by atoms with van der Waals surface area (Å²) < 4.78 is 11.0. The van der Waals surface area contributed by atoms with Crippen molar-refractivity contribution in [3.8, 4) is 0 Å². The predicted molar refractivity (Wildman–Crippen MR) is 75.2 cm³/mol. The summed E-state index contributed by atoms with van der Waals surface area (Å²) in [5.74, 6) is 0. The minimum Gasteiger partial charge on any atom is -0.389 e. The maximum atomic E-state index is 10.1. The van der Waals surface area contributed by atoms with Crippen LogP contribution in [0.5, 0.6) is 0 Å². The van der Waals surface area contributed by atoms with E-state index >= 15 is 0 Å². The third-order valence-electron chi connectivity index (χ3n) is 4.36. The summed E-state index contributed by atoms with van der Waals surface area (Å²) in [4.78, 5) is 0. The van der Waals surface area contributed by atoms with Crippen LogP contribution in [0.2, 0.25) is 0 Å². The maximum absolute atomic E-state index is 10.1. The van der Waals surface area contributed by atoms with E-state index in [1.54, 1.807) is 0 Å². The number of hydrogen-bond acceptors (Lipinski definition) is 10. The lowest BCUT2D eigenvalue weighted by molar-refractivity contribution is -0.287. The quantitative estimate of drug-likeness (QED) is 0.248. The highest BCUT2D eigenvalue weighted by molar-refractivity contribution is 4.99. The van der Waals surface area contributed by atoms with Crippen LogP contribution in [-0.4, -0.2) is 88.0 Å². The van der Waals surface area contributed by atoms with Crippen molar-refractivity contribution in [1.29, 1.82) is 0 Å². The molecule has 0 aromatic heterocycles. The Kier molecular flexibility index (Phi) is 5.72. The minimum absolute atomic E-state index is 0.0441. The highest BCUT2D eigenvalue weighted by atomic mass is 16.7. The van der Waals surface area contributed by atoms with Gasteiger partial charge in [0.1, 0.15) is 30.5 Å². The Morgan fingerprint density at radius 2 is 1.55 bits per heavy atom. The van der Waals surface area contributed by atoms with Crippen LogP contribution >= 0.6 is 0 Å². The van der Waals surface area contributed by atoms with Crippen LogP contribution in [0.1, 0.15) is 6.42 Å². The van der Waals surface area contributed by atoms with Crippen molar-refractivity contribution < 1.29 is 29.9 Å². The molecule has 0 unspecified atom stereocenters. The second-order valence-electron chi connectivity index (χ2n) is 5.98. The van der Waals surface area contributed by atoms with Crippen molar-refractivity contribution in [2.45, 2.75) is 67.5 Å². The van der Waals surface area contributed by atoms with E-state index in [1.807, 2.05) is 0 Å². The molecule has 0 bridgehead atoms. The molecule has 1 heterocycles. The zero-order valence-electron chi connectivity index (χ0n) is 12.1. The van der Waals surface area contributed by atoms with Crippen LogP contribution in [0, 0.1) is 0 Å². The van der Waals surface area contributed by atoms with Gasteiger partial charge >= 0.3 is 0 Å². The Morgan fingerprint density at radius 3 is 2.14 bits per heavy atom. The van der Waals surface area contributed by atoms with Crippen LogP contribution in [0.25, 0.3) is 0 Å². The van der Waals surface area contributed by atoms with E-state index in [0.717, 1.165) is 0 Å². The molecule has 1 aliphatic carbocycles. The second-order valence-corrected chi connectivity index (χ2v) is 5.98. The Hall–Kier alpha value is -0.400. The molecular formula is C12H26N4O6. The van der Waals surface area contributed by atoms with Crippen molar-refractivity contribution in [2.24, 2.45) is 22.9 Å². The zero-order valence-corrected chi connectivity index (χ0v) is 12.1. The molecular weight excluding hydrogens is 296 g/mol. The number of hydrogen-bond donors (Lipinski definition) is 8. The van der Waals surface area contributed by atoms with Gasteiger partial charge in [0.2, 0.25) is 0 Å². The third kappa shape index (κ3) is 3.26. The largest absolute Gasteiger partial charge is 0.389 e. The van der Waals surface area contributed by atoms with Crippen molar-refractivity contribution in [1.82, 2.24) is 0 Å². The normalized spacial score (nSPS) is 53.5.